The number of amides is 1. The van der Waals surface area contributed by atoms with Gasteiger partial charge in [-0.3, -0.25) is 4.79 Å². The molecule has 0 aliphatic carbocycles. The number of nitrogens with one attached hydrogen (secondary N) is 1. The Bertz CT molecular complexity index is 433. The van der Waals surface area contributed by atoms with Crippen molar-refractivity contribution in [2.45, 2.75) is 32.4 Å². The van der Waals surface area contributed by atoms with Crippen molar-refractivity contribution in [2.24, 2.45) is 5.73 Å². The standard InChI is InChI=1S/C13H19FN2O2/c1-13(2,18-3)7-12(17)16-10-4-5-11(14)9(6-10)8-15/h4-6H,7-8,15H2,1-3H3,(H,16,17). The van der Waals surface area contributed by atoms with Gasteiger partial charge in [0.25, 0.3) is 0 Å². The van der Waals surface area contributed by atoms with Crippen LogP contribution in [0.15, 0.2) is 18.2 Å². The zero-order valence-corrected chi connectivity index (χ0v) is 10.9. The van der Waals surface area contributed by atoms with Crippen molar-refractivity contribution >= 4 is 11.6 Å². The second kappa shape index (κ2) is 5.93. The highest BCUT2D eigenvalue weighted by molar-refractivity contribution is 5.91. The molecule has 0 radical (unpaired) electrons. The van der Waals surface area contributed by atoms with E-state index in [0.29, 0.717) is 11.3 Å². The van der Waals surface area contributed by atoms with Crippen LogP contribution in [0, 0.1) is 5.82 Å². The first-order valence-electron chi connectivity index (χ1n) is 5.71. The molecule has 0 saturated heterocycles. The van der Waals surface area contributed by atoms with Crippen LogP contribution in [0.5, 0.6) is 0 Å². The van der Waals surface area contributed by atoms with Crippen molar-refractivity contribution in [1.82, 2.24) is 0 Å². The molecule has 0 aliphatic rings. The van der Waals surface area contributed by atoms with E-state index >= 15 is 0 Å². The molecule has 0 fully saturated rings. The number of methoxy groups -OCH3 is 1. The van der Waals surface area contributed by atoms with E-state index in [4.69, 9.17) is 10.5 Å². The molecule has 0 spiro atoms. The van der Waals surface area contributed by atoms with Crippen molar-refractivity contribution < 1.29 is 13.9 Å². The van der Waals surface area contributed by atoms with E-state index < -0.39 is 5.60 Å². The summed E-state index contributed by atoms with van der Waals surface area (Å²) in [5.41, 5.74) is 5.78. The summed E-state index contributed by atoms with van der Waals surface area (Å²) in [6, 6.07) is 4.33. The Morgan fingerprint density at radius 2 is 2.17 bits per heavy atom. The van der Waals surface area contributed by atoms with E-state index in [9.17, 15) is 9.18 Å². The van der Waals surface area contributed by atoms with Crippen LogP contribution < -0.4 is 11.1 Å². The van der Waals surface area contributed by atoms with Gasteiger partial charge < -0.3 is 15.8 Å². The van der Waals surface area contributed by atoms with Crippen molar-refractivity contribution in [3.05, 3.63) is 29.6 Å². The zero-order chi connectivity index (χ0) is 13.8. The fraction of sp³-hybridized carbons (Fsp3) is 0.462. The number of carbonyl (C=O) groups excluding carboxylic acids is 1. The van der Waals surface area contributed by atoms with Crippen molar-refractivity contribution in [2.75, 3.05) is 12.4 Å². The van der Waals surface area contributed by atoms with Gasteiger partial charge in [0.05, 0.1) is 12.0 Å². The first-order chi connectivity index (χ1) is 8.38. The van der Waals surface area contributed by atoms with Crippen LogP contribution in [0.25, 0.3) is 0 Å². The van der Waals surface area contributed by atoms with Crippen LogP contribution in [0.3, 0.4) is 0 Å². The van der Waals surface area contributed by atoms with E-state index in [1.165, 1.54) is 18.2 Å². The molecule has 1 rings (SSSR count). The summed E-state index contributed by atoms with van der Waals surface area (Å²) < 4.78 is 18.4. The average molecular weight is 254 g/mol. The maximum atomic E-state index is 13.2. The number of hydrogen-bond acceptors (Lipinski definition) is 3. The molecule has 0 unspecified atom stereocenters. The molecule has 0 bridgehead atoms. The third-order valence-electron chi connectivity index (χ3n) is 2.69. The predicted octanol–water partition coefficient (Wildman–Crippen LogP) is 2.04. The minimum atomic E-state index is -0.527. The Balaban J connectivity index is 2.70. The molecule has 4 nitrogen and oxygen atoms in total. The predicted molar refractivity (Wildman–Crippen MR) is 68.6 cm³/mol. The molecule has 5 heteroatoms. The molecule has 1 aromatic carbocycles. The van der Waals surface area contributed by atoms with Gasteiger partial charge in [0, 0.05) is 24.9 Å². The van der Waals surface area contributed by atoms with E-state index in [2.05, 4.69) is 5.32 Å². The summed E-state index contributed by atoms with van der Waals surface area (Å²) in [5, 5.41) is 2.69. The summed E-state index contributed by atoms with van der Waals surface area (Å²) in [6.45, 7) is 3.74. The number of halogens is 1. The molecule has 0 aromatic heterocycles. The molecule has 1 aromatic rings. The SMILES string of the molecule is COC(C)(C)CC(=O)Nc1ccc(F)c(CN)c1. The Kier molecular flexibility index (Phi) is 4.81. The third-order valence-corrected chi connectivity index (χ3v) is 2.69. The quantitative estimate of drug-likeness (QED) is 0.845. The van der Waals surface area contributed by atoms with Crippen LogP contribution in [-0.2, 0) is 16.1 Å². The lowest BCUT2D eigenvalue weighted by molar-refractivity contribution is -0.121. The molecule has 0 aliphatic heterocycles. The van der Waals surface area contributed by atoms with E-state index in [1.807, 2.05) is 13.8 Å². The largest absolute Gasteiger partial charge is 0.378 e. The molecule has 3 N–H and O–H groups in total. The van der Waals surface area contributed by atoms with Crippen molar-refractivity contribution in [1.29, 1.82) is 0 Å². The van der Waals surface area contributed by atoms with Gasteiger partial charge in [0.2, 0.25) is 5.91 Å². The maximum Gasteiger partial charge on any atom is 0.227 e. The average Bonchev–Trinajstić information content (AvgIpc) is 2.31. The van der Waals surface area contributed by atoms with Gasteiger partial charge in [-0.25, -0.2) is 4.39 Å². The van der Waals surface area contributed by atoms with Crippen molar-refractivity contribution in [3.8, 4) is 0 Å². The fourth-order valence-electron chi connectivity index (χ4n) is 1.47. The number of nitrogens with two attached hydrogens (primary N) is 1. The highest BCUT2D eigenvalue weighted by Gasteiger charge is 2.21. The van der Waals surface area contributed by atoms with Gasteiger partial charge in [0.1, 0.15) is 5.82 Å². The summed E-state index contributed by atoms with van der Waals surface area (Å²) in [5.74, 6) is -0.552. The fourth-order valence-corrected chi connectivity index (χ4v) is 1.47. The van der Waals surface area contributed by atoms with Crippen LogP contribution in [0.1, 0.15) is 25.8 Å². The van der Waals surface area contributed by atoms with E-state index in [1.54, 1.807) is 7.11 Å². The normalized spacial score (nSPS) is 11.4. The maximum absolute atomic E-state index is 13.2. The number of benzene rings is 1. The lowest BCUT2D eigenvalue weighted by Gasteiger charge is -2.22. The van der Waals surface area contributed by atoms with Crippen molar-refractivity contribution in [3.63, 3.8) is 0 Å². The second-order valence-electron chi connectivity index (χ2n) is 4.70. The lowest BCUT2D eigenvalue weighted by Crippen LogP contribution is -2.29. The first-order valence-corrected chi connectivity index (χ1v) is 5.71. The van der Waals surface area contributed by atoms with Gasteiger partial charge in [-0.05, 0) is 32.0 Å². The first kappa shape index (κ1) is 14.6. The van der Waals surface area contributed by atoms with E-state index in [0.717, 1.165) is 0 Å². The van der Waals surface area contributed by atoms with Gasteiger partial charge in [-0.15, -0.1) is 0 Å². The second-order valence-corrected chi connectivity index (χ2v) is 4.70. The van der Waals surface area contributed by atoms with Gasteiger partial charge in [0.15, 0.2) is 0 Å². The highest BCUT2D eigenvalue weighted by atomic mass is 19.1. The summed E-state index contributed by atoms with van der Waals surface area (Å²) >= 11 is 0. The topological polar surface area (TPSA) is 64.3 Å². The van der Waals surface area contributed by atoms with E-state index in [-0.39, 0.29) is 24.7 Å². The van der Waals surface area contributed by atoms with Gasteiger partial charge >= 0.3 is 0 Å². The number of hydrogen-bond donors (Lipinski definition) is 2. The summed E-state index contributed by atoms with van der Waals surface area (Å²) in [6.07, 6.45) is 0.221. The minimum absolute atomic E-state index is 0.0963. The van der Waals surface area contributed by atoms with Gasteiger partial charge in [-0.2, -0.15) is 0 Å². The number of carbonyl (C=O) groups is 1. The molecular formula is C13H19FN2O2. The summed E-state index contributed by atoms with van der Waals surface area (Å²) in [4.78, 5) is 11.8. The Morgan fingerprint density at radius 3 is 2.72 bits per heavy atom. The zero-order valence-electron chi connectivity index (χ0n) is 10.9. The number of anilines is 1. The summed E-state index contributed by atoms with van der Waals surface area (Å²) in [7, 11) is 1.55. The van der Waals surface area contributed by atoms with Crippen LogP contribution in [0.2, 0.25) is 0 Å². The molecule has 0 heterocycles. The Labute approximate surface area is 106 Å². The minimum Gasteiger partial charge on any atom is -0.378 e. The molecule has 0 saturated carbocycles. The van der Waals surface area contributed by atoms with Crippen LogP contribution in [-0.4, -0.2) is 18.6 Å². The Hall–Kier alpha value is -1.46. The monoisotopic (exact) mass is 254 g/mol. The molecule has 0 atom stereocenters. The van der Waals surface area contributed by atoms with Crippen LogP contribution in [0.4, 0.5) is 10.1 Å². The number of rotatable bonds is 5. The molecule has 1 amide bonds. The highest BCUT2D eigenvalue weighted by Crippen LogP contribution is 2.17. The van der Waals surface area contributed by atoms with Gasteiger partial charge in [-0.1, -0.05) is 0 Å². The number of ether oxygens (including phenoxy) is 1. The molecule has 18 heavy (non-hydrogen) atoms. The smallest absolute Gasteiger partial charge is 0.227 e. The third kappa shape index (κ3) is 4.09. The molecule has 100 valence electrons. The Morgan fingerprint density at radius 1 is 1.50 bits per heavy atom. The van der Waals surface area contributed by atoms with Crippen LogP contribution >= 0.6 is 0 Å². The molecular weight excluding hydrogens is 235 g/mol. The lowest BCUT2D eigenvalue weighted by atomic mass is 10.0.